The Morgan fingerprint density at radius 3 is 2.48 bits per heavy atom. The van der Waals surface area contributed by atoms with Crippen LogP contribution in [-0.2, 0) is 33.2 Å². The average Bonchev–Trinajstić information content (AvgIpc) is 3.18. The van der Waals surface area contributed by atoms with Crippen molar-refractivity contribution < 1.29 is 33.2 Å². The zero-order valence-corrected chi connectivity index (χ0v) is 17.2. The molecule has 0 spiro atoms. The maximum Gasteiger partial charge on any atom is 0.333 e. The van der Waals surface area contributed by atoms with Crippen LogP contribution in [0.2, 0.25) is 0 Å². The summed E-state index contributed by atoms with van der Waals surface area (Å²) in [5.41, 5.74) is 0.591. The van der Waals surface area contributed by atoms with Crippen LogP contribution in [0.25, 0.3) is 0 Å². The average molecular weight is 384 g/mol. The van der Waals surface area contributed by atoms with Crippen molar-refractivity contribution in [3.63, 3.8) is 0 Å². The van der Waals surface area contributed by atoms with E-state index in [1.54, 1.807) is 6.92 Å². The number of unbranched alkanes of at least 4 members (excludes halogenated alkanes) is 2. The predicted octanol–water partition coefficient (Wildman–Crippen LogP) is 3.06. The van der Waals surface area contributed by atoms with Crippen molar-refractivity contribution in [2.45, 2.75) is 103 Å². The van der Waals surface area contributed by atoms with Gasteiger partial charge in [-0.2, -0.15) is 0 Å². The fourth-order valence-corrected chi connectivity index (χ4v) is 3.64. The molecular formula is C20H32O7. The van der Waals surface area contributed by atoms with Crippen LogP contribution >= 0.6 is 0 Å². The molecule has 3 heterocycles. The SMILES string of the molecule is CCCC/C=C(\C)C(=O)O[C@@H]1[C@H]2OC(C)(C)O[C@H]2O[C@@H]1[C@H]1COC(C)(C)O1. The van der Waals surface area contributed by atoms with Crippen LogP contribution in [0.15, 0.2) is 11.6 Å². The molecule has 7 nitrogen and oxygen atoms in total. The number of rotatable bonds is 6. The van der Waals surface area contributed by atoms with E-state index in [0.717, 1.165) is 19.3 Å². The minimum Gasteiger partial charge on any atom is -0.453 e. The van der Waals surface area contributed by atoms with Crippen molar-refractivity contribution in [3.8, 4) is 0 Å². The van der Waals surface area contributed by atoms with E-state index >= 15 is 0 Å². The molecule has 27 heavy (non-hydrogen) atoms. The van der Waals surface area contributed by atoms with Gasteiger partial charge in [0.05, 0.1) is 6.61 Å². The predicted molar refractivity (Wildman–Crippen MR) is 96.8 cm³/mol. The van der Waals surface area contributed by atoms with Crippen molar-refractivity contribution in [1.82, 2.24) is 0 Å². The molecule has 0 amide bonds. The lowest BCUT2D eigenvalue weighted by atomic mass is 10.1. The standard InChI is InChI=1S/C20H32O7/c1-7-8-9-10-12(2)17(21)23-15-14(13-11-22-19(3,4)25-13)24-18-16(15)26-20(5,6)27-18/h10,13-16,18H,7-9,11H2,1-6H3/b12-10+/t13-,14-,15+,16-,18-/m1/s1. The smallest absolute Gasteiger partial charge is 0.333 e. The number of esters is 1. The van der Waals surface area contributed by atoms with E-state index in [1.807, 2.05) is 33.8 Å². The highest BCUT2D eigenvalue weighted by atomic mass is 16.8. The van der Waals surface area contributed by atoms with Gasteiger partial charge in [0, 0.05) is 5.57 Å². The first-order valence-electron chi connectivity index (χ1n) is 9.82. The molecule has 0 N–H and O–H groups in total. The number of hydrogen-bond donors (Lipinski definition) is 0. The minimum absolute atomic E-state index is 0.358. The first-order valence-corrected chi connectivity index (χ1v) is 9.82. The van der Waals surface area contributed by atoms with Gasteiger partial charge in [-0.25, -0.2) is 4.79 Å². The Labute approximate surface area is 161 Å². The Kier molecular flexibility index (Phi) is 5.99. The van der Waals surface area contributed by atoms with Crippen molar-refractivity contribution in [3.05, 3.63) is 11.6 Å². The van der Waals surface area contributed by atoms with Crippen LogP contribution in [0.4, 0.5) is 0 Å². The number of allylic oxidation sites excluding steroid dienone is 1. The second-order valence-corrected chi connectivity index (χ2v) is 8.34. The number of fused-ring (bicyclic) bond motifs is 1. The third-order valence-corrected chi connectivity index (χ3v) is 5.00. The van der Waals surface area contributed by atoms with Gasteiger partial charge in [0.15, 0.2) is 30.1 Å². The zero-order chi connectivity index (χ0) is 19.8. The number of carbonyl (C=O) groups excluding carboxylic acids is 1. The normalized spacial score (nSPS) is 37.4. The Balaban J connectivity index is 1.73. The van der Waals surface area contributed by atoms with Crippen LogP contribution in [-0.4, -0.2) is 54.9 Å². The van der Waals surface area contributed by atoms with Crippen LogP contribution in [0.5, 0.6) is 0 Å². The van der Waals surface area contributed by atoms with Gasteiger partial charge in [0.25, 0.3) is 0 Å². The fourth-order valence-electron chi connectivity index (χ4n) is 3.64. The van der Waals surface area contributed by atoms with E-state index in [-0.39, 0.29) is 12.1 Å². The van der Waals surface area contributed by atoms with Crippen LogP contribution < -0.4 is 0 Å². The monoisotopic (exact) mass is 384 g/mol. The number of ether oxygens (including phenoxy) is 6. The zero-order valence-electron chi connectivity index (χ0n) is 17.2. The van der Waals surface area contributed by atoms with Gasteiger partial charge in [0.1, 0.15) is 12.2 Å². The lowest BCUT2D eigenvalue weighted by molar-refractivity contribution is -0.234. The van der Waals surface area contributed by atoms with Gasteiger partial charge >= 0.3 is 5.97 Å². The Morgan fingerprint density at radius 2 is 1.85 bits per heavy atom. The fraction of sp³-hybridized carbons (Fsp3) is 0.850. The number of carbonyl (C=O) groups is 1. The van der Waals surface area contributed by atoms with E-state index in [1.165, 1.54) is 0 Å². The van der Waals surface area contributed by atoms with E-state index in [2.05, 4.69) is 6.92 Å². The molecular weight excluding hydrogens is 352 g/mol. The Morgan fingerprint density at radius 1 is 1.11 bits per heavy atom. The molecule has 0 aromatic carbocycles. The van der Waals surface area contributed by atoms with Gasteiger partial charge in [-0.1, -0.05) is 25.8 Å². The molecule has 3 rings (SSSR count). The van der Waals surface area contributed by atoms with Crippen molar-refractivity contribution >= 4 is 5.97 Å². The van der Waals surface area contributed by atoms with Crippen LogP contribution in [0.1, 0.15) is 60.8 Å². The van der Waals surface area contributed by atoms with Crippen molar-refractivity contribution in [2.24, 2.45) is 0 Å². The second-order valence-electron chi connectivity index (χ2n) is 8.34. The quantitative estimate of drug-likeness (QED) is 0.396. The second kappa shape index (κ2) is 7.79. The molecule has 3 fully saturated rings. The summed E-state index contributed by atoms with van der Waals surface area (Å²) in [4.78, 5) is 12.6. The van der Waals surface area contributed by atoms with Gasteiger partial charge in [-0.15, -0.1) is 0 Å². The largest absolute Gasteiger partial charge is 0.453 e. The molecule has 5 atom stereocenters. The summed E-state index contributed by atoms with van der Waals surface area (Å²) in [5.74, 6) is -1.85. The molecule has 0 radical (unpaired) electrons. The van der Waals surface area contributed by atoms with Crippen LogP contribution in [0.3, 0.4) is 0 Å². The molecule has 0 unspecified atom stereocenters. The summed E-state index contributed by atoms with van der Waals surface area (Å²) >= 11 is 0. The van der Waals surface area contributed by atoms with E-state index < -0.39 is 36.2 Å². The van der Waals surface area contributed by atoms with Crippen molar-refractivity contribution in [1.29, 1.82) is 0 Å². The highest BCUT2D eigenvalue weighted by molar-refractivity contribution is 5.87. The van der Waals surface area contributed by atoms with Gasteiger partial charge < -0.3 is 28.4 Å². The molecule has 3 saturated heterocycles. The molecule has 0 saturated carbocycles. The third kappa shape index (κ3) is 4.71. The molecule has 0 bridgehead atoms. The maximum absolute atomic E-state index is 12.6. The Bertz CT molecular complexity index is 583. The summed E-state index contributed by atoms with van der Waals surface area (Å²) < 4.78 is 35.3. The summed E-state index contributed by atoms with van der Waals surface area (Å²) in [7, 11) is 0. The van der Waals surface area contributed by atoms with Gasteiger partial charge in [-0.05, 0) is 41.0 Å². The number of hydrogen-bond acceptors (Lipinski definition) is 7. The summed E-state index contributed by atoms with van der Waals surface area (Å²) in [6, 6.07) is 0. The first kappa shape index (κ1) is 20.7. The molecule has 0 aromatic heterocycles. The summed E-state index contributed by atoms with van der Waals surface area (Å²) in [5, 5.41) is 0. The topological polar surface area (TPSA) is 72.5 Å². The molecule has 3 aliphatic rings. The highest BCUT2D eigenvalue weighted by Gasteiger charge is 2.60. The summed E-state index contributed by atoms with van der Waals surface area (Å²) in [6.07, 6.45) is 2.31. The van der Waals surface area contributed by atoms with E-state index in [4.69, 9.17) is 28.4 Å². The molecule has 3 aliphatic heterocycles. The van der Waals surface area contributed by atoms with Gasteiger partial charge in [0.2, 0.25) is 0 Å². The molecule has 0 aliphatic carbocycles. The Hall–Kier alpha value is -0.990. The molecule has 154 valence electrons. The lowest BCUT2D eigenvalue weighted by Crippen LogP contribution is -2.45. The molecule has 0 aromatic rings. The third-order valence-electron chi connectivity index (χ3n) is 5.00. The van der Waals surface area contributed by atoms with Crippen LogP contribution in [0, 0.1) is 0 Å². The molecule has 7 heteroatoms. The van der Waals surface area contributed by atoms with E-state index in [0.29, 0.717) is 12.2 Å². The lowest BCUT2D eigenvalue weighted by Gasteiger charge is -2.28. The highest BCUT2D eigenvalue weighted by Crippen LogP contribution is 2.42. The first-order chi connectivity index (χ1) is 12.6. The van der Waals surface area contributed by atoms with Gasteiger partial charge in [-0.3, -0.25) is 0 Å². The summed E-state index contributed by atoms with van der Waals surface area (Å²) in [6.45, 7) is 11.6. The minimum atomic E-state index is -0.788. The van der Waals surface area contributed by atoms with Crippen molar-refractivity contribution in [2.75, 3.05) is 6.61 Å². The maximum atomic E-state index is 12.6. The van der Waals surface area contributed by atoms with E-state index in [9.17, 15) is 4.79 Å².